The summed E-state index contributed by atoms with van der Waals surface area (Å²) < 4.78 is 31.9. The van der Waals surface area contributed by atoms with E-state index >= 15 is 4.39 Å². The molecule has 0 unspecified atom stereocenters. The Kier molecular flexibility index (Phi) is 8.35. The van der Waals surface area contributed by atoms with Crippen LogP contribution in [-0.2, 0) is 25.2 Å². The van der Waals surface area contributed by atoms with Crippen LogP contribution in [0.2, 0.25) is 10.0 Å². The number of fused-ring (bicyclic) bond motifs is 1. The lowest BCUT2D eigenvalue weighted by Crippen LogP contribution is -2.40. The highest BCUT2D eigenvalue weighted by Gasteiger charge is 2.41. The van der Waals surface area contributed by atoms with Crippen LogP contribution in [0.5, 0.6) is 0 Å². The molecule has 0 radical (unpaired) electrons. The van der Waals surface area contributed by atoms with Gasteiger partial charge in [0.15, 0.2) is 0 Å². The molecule has 11 heteroatoms. The summed E-state index contributed by atoms with van der Waals surface area (Å²) in [5.74, 6) is -1.60. The van der Waals surface area contributed by atoms with Crippen molar-refractivity contribution < 1.29 is 13.9 Å². The van der Waals surface area contributed by atoms with Crippen LogP contribution < -0.4 is 4.90 Å². The van der Waals surface area contributed by atoms with E-state index in [2.05, 4.69) is 15.0 Å². The number of hydrogen-bond donors (Lipinski definition) is 1. The van der Waals surface area contributed by atoms with Crippen molar-refractivity contribution in [3.63, 3.8) is 0 Å². The summed E-state index contributed by atoms with van der Waals surface area (Å²) in [4.78, 5) is 6.16. The van der Waals surface area contributed by atoms with E-state index in [0.717, 1.165) is 34.3 Å². The average molecular weight is 634 g/mol. The highest BCUT2D eigenvalue weighted by Crippen LogP contribution is 2.37. The summed E-state index contributed by atoms with van der Waals surface area (Å²) in [5, 5.41) is 23.0. The van der Waals surface area contributed by atoms with Gasteiger partial charge in [-0.15, -0.1) is 0 Å². The van der Waals surface area contributed by atoms with Crippen LogP contribution in [0.4, 0.5) is 14.5 Å². The molecule has 0 aliphatic carbocycles. The molecule has 44 heavy (non-hydrogen) atoms. The number of hydrogen-bond acceptors (Lipinski definition) is 5. The average Bonchev–Trinajstić information content (AvgIpc) is 3.66. The van der Waals surface area contributed by atoms with Crippen LogP contribution in [0.25, 0.3) is 10.9 Å². The molecule has 0 aliphatic heterocycles. The standard InChI is InChI=1S/C33H28Cl2F2N6O/c1-22(33(44,19-42-21-38-20-39-42)30-10-8-28(36)15-31(30)37)43-18-25-14-29(9-11-32(25)40-43)41(16-23-4-2-6-26(34)12-23)17-24-5-3-7-27(35)13-24/h2-15,18,20-22,44H,16-17,19H2,1H3/t22-,33-/m1/s1. The fraction of sp³-hybridized carbons (Fsp3) is 0.182. The van der Waals surface area contributed by atoms with Gasteiger partial charge in [0.1, 0.15) is 29.9 Å². The number of halogens is 4. The summed E-state index contributed by atoms with van der Waals surface area (Å²) in [6.07, 6.45) is 4.57. The van der Waals surface area contributed by atoms with Gasteiger partial charge in [-0.05, 0) is 66.6 Å². The van der Waals surface area contributed by atoms with E-state index in [1.807, 2.05) is 72.9 Å². The summed E-state index contributed by atoms with van der Waals surface area (Å²) in [5.41, 5.74) is 1.80. The number of aliphatic hydroxyl groups is 1. The molecule has 0 saturated heterocycles. The third-order valence-electron chi connectivity index (χ3n) is 7.75. The Balaban J connectivity index is 1.37. The Labute approximate surface area is 262 Å². The lowest BCUT2D eigenvalue weighted by atomic mass is 9.86. The maximum Gasteiger partial charge on any atom is 0.137 e. The predicted molar refractivity (Wildman–Crippen MR) is 168 cm³/mol. The number of rotatable bonds is 10. The molecular formula is C33H28Cl2F2N6O. The SMILES string of the molecule is C[C@@H](n1cc2cc(N(Cc3cccc(Cl)c3)Cc3cccc(Cl)c3)ccc2n1)[C@](O)(Cn1cncn1)c1ccc(F)cc1F. The molecule has 6 aromatic rings. The zero-order valence-electron chi connectivity index (χ0n) is 23.7. The molecule has 1 N–H and O–H groups in total. The lowest BCUT2D eigenvalue weighted by Gasteiger charge is -2.34. The Morgan fingerprint density at radius 3 is 2.23 bits per heavy atom. The van der Waals surface area contributed by atoms with E-state index in [1.165, 1.54) is 23.4 Å². The van der Waals surface area contributed by atoms with E-state index in [9.17, 15) is 9.50 Å². The summed E-state index contributed by atoms with van der Waals surface area (Å²) in [6, 6.07) is 23.7. The highest BCUT2D eigenvalue weighted by atomic mass is 35.5. The minimum absolute atomic E-state index is 0.0728. The maximum absolute atomic E-state index is 15.1. The molecule has 2 heterocycles. The summed E-state index contributed by atoms with van der Waals surface area (Å²) in [7, 11) is 0. The largest absolute Gasteiger partial charge is 0.381 e. The minimum atomic E-state index is -1.85. The smallest absolute Gasteiger partial charge is 0.137 e. The van der Waals surface area contributed by atoms with Crippen LogP contribution in [0.1, 0.15) is 29.7 Å². The van der Waals surface area contributed by atoms with Gasteiger partial charge in [0.2, 0.25) is 0 Å². The molecule has 0 bridgehead atoms. The molecule has 7 nitrogen and oxygen atoms in total. The summed E-state index contributed by atoms with van der Waals surface area (Å²) in [6.45, 7) is 2.78. The van der Waals surface area contributed by atoms with Gasteiger partial charge >= 0.3 is 0 Å². The molecule has 224 valence electrons. The number of benzene rings is 4. The van der Waals surface area contributed by atoms with Gasteiger partial charge in [-0.2, -0.15) is 10.2 Å². The van der Waals surface area contributed by atoms with Crippen LogP contribution in [0.15, 0.2) is 104 Å². The number of aromatic nitrogens is 5. The van der Waals surface area contributed by atoms with Crippen molar-refractivity contribution in [2.24, 2.45) is 0 Å². The van der Waals surface area contributed by atoms with Crippen molar-refractivity contribution in [2.45, 2.75) is 38.2 Å². The molecule has 0 spiro atoms. The zero-order valence-corrected chi connectivity index (χ0v) is 25.2. The van der Waals surface area contributed by atoms with Gasteiger partial charge in [0.05, 0.1) is 18.1 Å². The number of nitrogens with zero attached hydrogens (tertiary/aromatic N) is 6. The maximum atomic E-state index is 15.1. The first-order valence-corrected chi connectivity index (χ1v) is 14.7. The Hall–Kier alpha value is -4.31. The van der Waals surface area contributed by atoms with Crippen LogP contribution in [0.3, 0.4) is 0 Å². The predicted octanol–water partition coefficient (Wildman–Crippen LogP) is 7.57. The molecule has 0 fully saturated rings. The Morgan fingerprint density at radius 1 is 0.909 bits per heavy atom. The second-order valence-corrected chi connectivity index (χ2v) is 11.7. The summed E-state index contributed by atoms with van der Waals surface area (Å²) >= 11 is 12.6. The minimum Gasteiger partial charge on any atom is -0.381 e. The zero-order chi connectivity index (χ0) is 30.8. The molecule has 2 aromatic heterocycles. The van der Waals surface area contributed by atoms with Gasteiger partial charge in [-0.3, -0.25) is 4.68 Å². The Bertz CT molecular complexity index is 1870. The van der Waals surface area contributed by atoms with Crippen molar-refractivity contribution in [3.05, 3.63) is 142 Å². The molecule has 6 rings (SSSR count). The van der Waals surface area contributed by atoms with Gasteiger partial charge in [0, 0.05) is 52.0 Å². The molecule has 4 aromatic carbocycles. The molecule has 0 aliphatic rings. The van der Waals surface area contributed by atoms with E-state index in [0.29, 0.717) is 28.7 Å². The van der Waals surface area contributed by atoms with Gasteiger partial charge in [0.25, 0.3) is 0 Å². The van der Waals surface area contributed by atoms with Crippen molar-refractivity contribution in [2.75, 3.05) is 4.90 Å². The van der Waals surface area contributed by atoms with Crippen molar-refractivity contribution in [1.29, 1.82) is 0 Å². The third kappa shape index (κ3) is 6.31. The topological polar surface area (TPSA) is 72.0 Å². The van der Waals surface area contributed by atoms with Gasteiger partial charge in [-0.1, -0.05) is 53.5 Å². The lowest BCUT2D eigenvalue weighted by molar-refractivity contribution is -0.0366. The monoisotopic (exact) mass is 632 g/mol. The van der Waals surface area contributed by atoms with Crippen molar-refractivity contribution in [1.82, 2.24) is 24.5 Å². The first kappa shape index (κ1) is 29.7. The van der Waals surface area contributed by atoms with Gasteiger partial charge < -0.3 is 10.0 Å². The van der Waals surface area contributed by atoms with Gasteiger partial charge in [-0.25, -0.2) is 18.4 Å². The fourth-order valence-corrected chi connectivity index (χ4v) is 5.87. The van der Waals surface area contributed by atoms with Crippen LogP contribution in [0, 0.1) is 11.6 Å². The molecule has 0 saturated carbocycles. The quantitative estimate of drug-likeness (QED) is 0.169. The van der Waals surface area contributed by atoms with Crippen molar-refractivity contribution in [3.8, 4) is 0 Å². The van der Waals surface area contributed by atoms with E-state index in [-0.39, 0.29) is 12.1 Å². The molecule has 0 amide bonds. The van der Waals surface area contributed by atoms with Crippen LogP contribution >= 0.6 is 23.2 Å². The normalized spacial score (nSPS) is 13.6. The van der Waals surface area contributed by atoms with E-state index in [4.69, 9.17) is 28.3 Å². The fourth-order valence-electron chi connectivity index (χ4n) is 5.44. The number of anilines is 1. The Morgan fingerprint density at radius 2 is 1.61 bits per heavy atom. The second kappa shape index (κ2) is 12.4. The van der Waals surface area contributed by atoms with Crippen molar-refractivity contribution >= 4 is 39.8 Å². The highest BCUT2D eigenvalue weighted by molar-refractivity contribution is 6.30. The molecular weight excluding hydrogens is 605 g/mol. The second-order valence-electron chi connectivity index (χ2n) is 10.8. The first-order chi connectivity index (χ1) is 21.2. The first-order valence-electron chi connectivity index (χ1n) is 13.9. The third-order valence-corrected chi connectivity index (χ3v) is 8.22. The van der Waals surface area contributed by atoms with Crippen LogP contribution in [-0.4, -0.2) is 29.7 Å². The van der Waals surface area contributed by atoms with E-state index in [1.54, 1.807) is 11.6 Å². The van der Waals surface area contributed by atoms with E-state index < -0.39 is 23.3 Å². The molecule has 2 atom stereocenters.